The number of nitrogens with one attached hydrogen (secondary N) is 1. The lowest BCUT2D eigenvalue weighted by Crippen LogP contribution is -2.34. The summed E-state index contributed by atoms with van der Waals surface area (Å²) in [7, 11) is -3.10. The standard InChI is InChI=1S/C11H13FN2O4S/c12-8-3-4-10(11(6-8)14(15)16)13-9-2-1-5-19(17,18)7-9/h3-4,6,9,13H,1-2,5,7H2/t9-/m1/s1. The minimum atomic E-state index is -3.10. The van der Waals surface area contributed by atoms with Crippen molar-refractivity contribution in [3.05, 3.63) is 34.1 Å². The summed E-state index contributed by atoms with van der Waals surface area (Å²) >= 11 is 0. The number of halogens is 1. The first-order valence-electron chi connectivity index (χ1n) is 5.78. The quantitative estimate of drug-likeness (QED) is 0.675. The minimum absolute atomic E-state index is 0.0540. The third-order valence-electron chi connectivity index (χ3n) is 2.98. The summed E-state index contributed by atoms with van der Waals surface area (Å²) in [5.41, 5.74) is -0.239. The van der Waals surface area contributed by atoms with Crippen molar-refractivity contribution < 1.29 is 17.7 Å². The number of anilines is 1. The second-order valence-electron chi connectivity index (χ2n) is 4.52. The highest BCUT2D eigenvalue weighted by molar-refractivity contribution is 7.91. The zero-order valence-corrected chi connectivity index (χ0v) is 10.8. The van der Waals surface area contributed by atoms with Crippen LogP contribution in [0.25, 0.3) is 0 Å². The maximum Gasteiger partial charge on any atom is 0.295 e. The van der Waals surface area contributed by atoms with E-state index in [2.05, 4.69) is 5.32 Å². The van der Waals surface area contributed by atoms with Crippen LogP contribution in [-0.4, -0.2) is 30.9 Å². The van der Waals surface area contributed by atoms with Gasteiger partial charge >= 0.3 is 0 Å². The van der Waals surface area contributed by atoms with Gasteiger partial charge in [-0.05, 0) is 25.0 Å². The molecule has 0 bridgehead atoms. The number of nitro groups is 1. The van der Waals surface area contributed by atoms with E-state index in [1.54, 1.807) is 0 Å². The van der Waals surface area contributed by atoms with Crippen molar-refractivity contribution in [3.63, 3.8) is 0 Å². The normalized spacial score (nSPS) is 21.8. The Labute approximate surface area is 109 Å². The van der Waals surface area contributed by atoms with Crippen molar-refractivity contribution in [1.29, 1.82) is 0 Å². The molecule has 0 unspecified atom stereocenters. The molecule has 8 heteroatoms. The van der Waals surface area contributed by atoms with E-state index in [0.717, 1.165) is 12.1 Å². The molecular formula is C11H13FN2O4S. The molecule has 0 aromatic heterocycles. The van der Waals surface area contributed by atoms with Gasteiger partial charge in [-0.1, -0.05) is 0 Å². The van der Waals surface area contributed by atoms with Crippen molar-refractivity contribution in [2.45, 2.75) is 18.9 Å². The molecule has 1 aromatic carbocycles. The van der Waals surface area contributed by atoms with Gasteiger partial charge < -0.3 is 5.32 Å². The van der Waals surface area contributed by atoms with E-state index >= 15 is 0 Å². The average Bonchev–Trinajstić information content (AvgIpc) is 2.30. The molecule has 0 spiro atoms. The van der Waals surface area contributed by atoms with Gasteiger partial charge in [0.15, 0.2) is 9.84 Å². The molecule has 0 amide bonds. The number of sulfone groups is 1. The van der Waals surface area contributed by atoms with Crippen LogP contribution >= 0.6 is 0 Å². The van der Waals surface area contributed by atoms with Gasteiger partial charge in [-0.15, -0.1) is 0 Å². The number of hydrogen-bond donors (Lipinski definition) is 1. The minimum Gasteiger partial charge on any atom is -0.376 e. The molecule has 0 radical (unpaired) electrons. The zero-order chi connectivity index (χ0) is 14.0. The maximum atomic E-state index is 13.0. The Bertz CT molecular complexity index is 603. The highest BCUT2D eigenvalue weighted by atomic mass is 32.2. The SMILES string of the molecule is O=[N+]([O-])c1cc(F)ccc1N[C@@H]1CCCS(=O)(=O)C1. The predicted molar refractivity (Wildman–Crippen MR) is 68.4 cm³/mol. The lowest BCUT2D eigenvalue weighted by atomic mass is 10.1. The van der Waals surface area contributed by atoms with E-state index in [9.17, 15) is 22.9 Å². The van der Waals surface area contributed by atoms with Crippen molar-refractivity contribution >= 4 is 21.2 Å². The lowest BCUT2D eigenvalue weighted by molar-refractivity contribution is -0.384. The van der Waals surface area contributed by atoms with Crippen LogP contribution in [0.4, 0.5) is 15.8 Å². The van der Waals surface area contributed by atoms with Crippen LogP contribution in [0, 0.1) is 15.9 Å². The lowest BCUT2D eigenvalue weighted by Gasteiger charge is -2.23. The number of nitro benzene ring substituents is 1. The van der Waals surface area contributed by atoms with Crippen LogP contribution in [0.1, 0.15) is 12.8 Å². The van der Waals surface area contributed by atoms with Gasteiger partial charge in [-0.3, -0.25) is 10.1 Å². The van der Waals surface area contributed by atoms with Crippen LogP contribution in [0.15, 0.2) is 18.2 Å². The Morgan fingerprint density at radius 2 is 2.16 bits per heavy atom. The molecule has 1 saturated heterocycles. The maximum absolute atomic E-state index is 13.0. The molecule has 1 N–H and O–H groups in total. The average molecular weight is 288 g/mol. The van der Waals surface area contributed by atoms with Crippen LogP contribution in [0.2, 0.25) is 0 Å². The van der Waals surface area contributed by atoms with Crippen LogP contribution in [0.3, 0.4) is 0 Å². The van der Waals surface area contributed by atoms with E-state index in [0.29, 0.717) is 12.8 Å². The summed E-state index contributed by atoms with van der Waals surface area (Å²) in [6.45, 7) is 0. The Balaban J connectivity index is 2.21. The molecule has 19 heavy (non-hydrogen) atoms. The second-order valence-corrected chi connectivity index (χ2v) is 6.75. The molecule has 1 heterocycles. The summed E-state index contributed by atoms with van der Waals surface area (Å²) in [5.74, 6) is -0.605. The molecule has 1 aromatic rings. The smallest absolute Gasteiger partial charge is 0.295 e. The summed E-state index contributed by atoms with van der Waals surface area (Å²) in [5, 5.41) is 13.6. The predicted octanol–water partition coefficient (Wildman–Crippen LogP) is 1.72. The fourth-order valence-electron chi connectivity index (χ4n) is 2.13. The zero-order valence-electron chi connectivity index (χ0n) is 10.0. The molecule has 1 fully saturated rings. The molecule has 2 rings (SSSR count). The topological polar surface area (TPSA) is 89.3 Å². The van der Waals surface area contributed by atoms with Crippen LogP contribution < -0.4 is 5.32 Å². The molecule has 1 aliphatic heterocycles. The first-order chi connectivity index (χ1) is 8.87. The molecule has 0 saturated carbocycles. The fourth-order valence-corrected chi connectivity index (χ4v) is 3.77. The van der Waals surface area contributed by atoms with E-state index in [-0.39, 0.29) is 28.9 Å². The van der Waals surface area contributed by atoms with Crippen LogP contribution in [0.5, 0.6) is 0 Å². The van der Waals surface area contributed by atoms with Gasteiger partial charge in [-0.25, -0.2) is 12.8 Å². The first-order valence-corrected chi connectivity index (χ1v) is 7.60. The van der Waals surface area contributed by atoms with Gasteiger partial charge in [0.25, 0.3) is 5.69 Å². The van der Waals surface area contributed by atoms with E-state index in [4.69, 9.17) is 0 Å². The Morgan fingerprint density at radius 1 is 1.42 bits per heavy atom. The monoisotopic (exact) mass is 288 g/mol. The number of hydrogen-bond acceptors (Lipinski definition) is 5. The van der Waals surface area contributed by atoms with Gasteiger partial charge in [-0.2, -0.15) is 0 Å². The number of benzene rings is 1. The third kappa shape index (κ3) is 3.40. The second kappa shape index (κ2) is 5.12. The number of rotatable bonds is 3. The van der Waals surface area contributed by atoms with E-state index in [1.165, 1.54) is 6.07 Å². The molecule has 1 aliphatic rings. The van der Waals surface area contributed by atoms with E-state index < -0.39 is 20.6 Å². The van der Waals surface area contributed by atoms with Gasteiger partial charge in [0.1, 0.15) is 11.5 Å². The van der Waals surface area contributed by atoms with Crippen molar-refractivity contribution in [2.75, 3.05) is 16.8 Å². The summed E-state index contributed by atoms with van der Waals surface area (Å²) in [6, 6.07) is 2.81. The van der Waals surface area contributed by atoms with Crippen molar-refractivity contribution in [2.24, 2.45) is 0 Å². The fraction of sp³-hybridized carbons (Fsp3) is 0.455. The molecule has 0 aliphatic carbocycles. The highest BCUT2D eigenvalue weighted by Gasteiger charge is 2.26. The van der Waals surface area contributed by atoms with Gasteiger partial charge in [0.05, 0.1) is 22.5 Å². The van der Waals surface area contributed by atoms with Crippen molar-refractivity contribution in [3.8, 4) is 0 Å². The Morgan fingerprint density at radius 3 is 2.79 bits per heavy atom. The Hall–Kier alpha value is -1.70. The molecule has 6 nitrogen and oxygen atoms in total. The highest BCUT2D eigenvalue weighted by Crippen LogP contribution is 2.27. The third-order valence-corrected chi connectivity index (χ3v) is 4.80. The molecule has 104 valence electrons. The molecule has 1 atom stereocenters. The van der Waals surface area contributed by atoms with Crippen molar-refractivity contribution in [1.82, 2.24) is 0 Å². The Kier molecular flexibility index (Phi) is 3.70. The summed E-state index contributed by atoms with van der Waals surface area (Å²) < 4.78 is 36.0. The van der Waals surface area contributed by atoms with Crippen LogP contribution in [-0.2, 0) is 9.84 Å². The summed E-state index contributed by atoms with van der Waals surface area (Å²) in [6.07, 6.45) is 1.14. The first kappa shape index (κ1) is 13.7. The number of nitrogens with zero attached hydrogens (tertiary/aromatic N) is 1. The summed E-state index contributed by atoms with van der Waals surface area (Å²) in [4.78, 5) is 10.1. The molecular weight excluding hydrogens is 275 g/mol. The largest absolute Gasteiger partial charge is 0.376 e. The van der Waals surface area contributed by atoms with E-state index in [1.807, 2.05) is 0 Å². The van der Waals surface area contributed by atoms with Gasteiger partial charge in [0.2, 0.25) is 0 Å². The van der Waals surface area contributed by atoms with Gasteiger partial charge in [0, 0.05) is 6.04 Å².